The van der Waals surface area contributed by atoms with E-state index in [0.717, 1.165) is 0 Å². The summed E-state index contributed by atoms with van der Waals surface area (Å²) in [6.07, 6.45) is -1.03. The van der Waals surface area contributed by atoms with Crippen LogP contribution in [-0.2, 0) is 11.3 Å². The van der Waals surface area contributed by atoms with Gasteiger partial charge in [-0.15, -0.1) is 0 Å². The van der Waals surface area contributed by atoms with E-state index in [1.165, 1.54) is 21.0 Å². The number of rotatable bonds is 5. The molecule has 0 bridgehead atoms. The summed E-state index contributed by atoms with van der Waals surface area (Å²) < 4.78 is 15.8. The number of ether oxygens (including phenoxy) is 3. The van der Waals surface area contributed by atoms with Crippen molar-refractivity contribution in [3.8, 4) is 11.5 Å². The van der Waals surface area contributed by atoms with Crippen LogP contribution in [0.3, 0.4) is 0 Å². The van der Waals surface area contributed by atoms with Crippen molar-refractivity contribution < 1.29 is 29.2 Å². The molecule has 0 amide bonds. The van der Waals surface area contributed by atoms with Gasteiger partial charge in [0.05, 0.1) is 12.7 Å². The zero-order valence-corrected chi connectivity index (χ0v) is 12.6. The first-order valence-electron chi connectivity index (χ1n) is 6.66. The highest BCUT2D eigenvalue weighted by molar-refractivity contribution is 5.97. The normalized spacial score (nSPS) is 15.4. The molecule has 1 aromatic carbocycles. The first kappa shape index (κ1) is 15.6. The fourth-order valence-electron chi connectivity index (χ4n) is 2.11. The van der Waals surface area contributed by atoms with Gasteiger partial charge in [-0.05, 0) is 26.8 Å². The third kappa shape index (κ3) is 2.96. The average molecular weight is 296 g/mol. The first-order chi connectivity index (χ1) is 9.75. The molecule has 0 saturated carbocycles. The molecule has 6 nitrogen and oxygen atoms in total. The number of cyclic esters (lactones) is 1. The lowest BCUT2D eigenvalue weighted by Crippen LogP contribution is -2.40. The van der Waals surface area contributed by atoms with E-state index in [2.05, 4.69) is 0 Å². The highest BCUT2D eigenvalue weighted by Crippen LogP contribution is 2.38. The Morgan fingerprint density at radius 1 is 1.48 bits per heavy atom. The molecule has 0 unspecified atom stereocenters. The molecule has 0 spiro atoms. The Hall–Kier alpha value is -1.79. The van der Waals surface area contributed by atoms with Crippen molar-refractivity contribution in [2.75, 3.05) is 13.7 Å². The minimum atomic E-state index is -1.26. The standard InChI is InChI=1S/C15H20O6/c1-8-10(20-7-11(16)15(2,3)18)5-9-6-21-14(17)12(9)13(8)19-4/h5,11,16,18H,6-7H2,1-4H3/t11-/m0/s1. The largest absolute Gasteiger partial charge is 0.495 e. The minimum Gasteiger partial charge on any atom is -0.495 e. The van der Waals surface area contributed by atoms with Gasteiger partial charge >= 0.3 is 5.97 Å². The molecule has 21 heavy (non-hydrogen) atoms. The van der Waals surface area contributed by atoms with Crippen molar-refractivity contribution in [2.24, 2.45) is 0 Å². The highest BCUT2D eigenvalue weighted by Gasteiger charge is 2.30. The van der Waals surface area contributed by atoms with Gasteiger partial charge in [0.15, 0.2) is 0 Å². The molecule has 0 aliphatic carbocycles. The van der Waals surface area contributed by atoms with Gasteiger partial charge in [-0.3, -0.25) is 0 Å². The van der Waals surface area contributed by atoms with Crippen LogP contribution < -0.4 is 9.47 Å². The first-order valence-corrected chi connectivity index (χ1v) is 6.66. The molecule has 1 heterocycles. The zero-order chi connectivity index (χ0) is 15.8. The third-order valence-corrected chi connectivity index (χ3v) is 3.54. The second kappa shape index (κ2) is 5.54. The molecule has 0 saturated heterocycles. The van der Waals surface area contributed by atoms with Crippen molar-refractivity contribution in [1.82, 2.24) is 0 Å². The molecular formula is C15H20O6. The van der Waals surface area contributed by atoms with Crippen molar-refractivity contribution in [3.63, 3.8) is 0 Å². The van der Waals surface area contributed by atoms with E-state index in [4.69, 9.17) is 14.2 Å². The number of carbonyl (C=O) groups is 1. The monoisotopic (exact) mass is 296 g/mol. The van der Waals surface area contributed by atoms with Gasteiger partial charge in [0.2, 0.25) is 0 Å². The Morgan fingerprint density at radius 2 is 2.14 bits per heavy atom. The van der Waals surface area contributed by atoms with E-state index in [-0.39, 0.29) is 13.2 Å². The number of carbonyl (C=O) groups excluding carboxylic acids is 1. The number of hydrogen-bond acceptors (Lipinski definition) is 6. The highest BCUT2D eigenvalue weighted by atomic mass is 16.5. The lowest BCUT2D eigenvalue weighted by Gasteiger charge is -2.25. The van der Waals surface area contributed by atoms with Crippen molar-refractivity contribution >= 4 is 5.97 Å². The van der Waals surface area contributed by atoms with Crippen molar-refractivity contribution in [3.05, 3.63) is 22.8 Å². The van der Waals surface area contributed by atoms with Crippen LogP contribution in [0.2, 0.25) is 0 Å². The van der Waals surface area contributed by atoms with Gasteiger partial charge in [-0.25, -0.2) is 4.79 Å². The summed E-state index contributed by atoms with van der Waals surface area (Å²) in [6, 6.07) is 1.70. The van der Waals surface area contributed by atoms with E-state index >= 15 is 0 Å². The van der Waals surface area contributed by atoms with Gasteiger partial charge < -0.3 is 24.4 Å². The summed E-state index contributed by atoms with van der Waals surface area (Å²) in [4.78, 5) is 11.7. The summed E-state index contributed by atoms with van der Waals surface area (Å²) in [6.45, 7) is 4.88. The van der Waals surface area contributed by atoms with Gasteiger partial charge in [0.1, 0.15) is 36.4 Å². The van der Waals surface area contributed by atoms with E-state index in [9.17, 15) is 15.0 Å². The Balaban J connectivity index is 2.28. The third-order valence-electron chi connectivity index (χ3n) is 3.54. The van der Waals surface area contributed by atoms with Gasteiger partial charge in [0, 0.05) is 11.1 Å². The smallest absolute Gasteiger partial charge is 0.342 e. The molecule has 0 radical (unpaired) electrons. The van der Waals surface area contributed by atoms with E-state index in [1.54, 1.807) is 13.0 Å². The predicted molar refractivity (Wildman–Crippen MR) is 74.7 cm³/mol. The SMILES string of the molecule is COc1c(C)c(OC[C@H](O)C(C)(C)O)cc2c1C(=O)OC2. The molecule has 1 atom stereocenters. The van der Waals surface area contributed by atoms with Crippen LogP contribution in [-0.4, -0.2) is 41.6 Å². The summed E-state index contributed by atoms with van der Waals surface area (Å²) in [7, 11) is 1.48. The number of aliphatic hydroxyl groups is 2. The summed E-state index contributed by atoms with van der Waals surface area (Å²) >= 11 is 0. The number of benzene rings is 1. The molecule has 116 valence electrons. The topological polar surface area (TPSA) is 85.2 Å². The van der Waals surface area contributed by atoms with Crippen LogP contribution in [0.4, 0.5) is 0 Å². The van der Waals surface area contributed by atoms with Gasteiger partial charge in [-0.2, -0.15) is 0 Å². The van der Waals surface area contributed by atoms with E-state index < -0.39 is 17.7 Å². The number of methoxy groups -OCH3 is 1. The maximum atomic E-state index is 11.7. The second-order valence-corrected chi connectivity index (χ2v) is 5.62. The van der Waals surface area contributed by atoms with Gasteiger partial charge in [0.25, 0.3) is 0 Å². The number of aliphatic hydroxyl groups excluding tert-OH is 1. The lowest BCUT2D eigenvalue weighted by atomic mass is 10.0. The van der Waals surface area contributed by atoms with Crippen LogP contribution in [0.15, 0.2) is 6.07 Å². The Morgan fingerprint density at radius 3 is 2.71 bits per heavy atom. The molecule has 2 N–H and O–H groups in total. The van der Waals surface area contributed by atoms with Crippen LogP contribution in [0, 0.1) is 6.92 Å². The molecule has 0 aromatic heterocycles. The maximum absolute atomic E-state index is 11.7. The van der Waals surface area contributed by atoms with E-state index in [1.807, 2.05) is 0 Å². The Bertz CT molecular complexity index is 558. The van der Waals surface area contributed by atoms with Crippen molar-refractivity contribution in [2.45, 2.75) is 39.1 Å². The molecule has 0 fully saturated rings. The molecule has 1 aromatic rings. The summed E-state index contributed by atoms with van der Waals surface area (Å²) in [5.41, 5.74) is 0.506. The van der Waals surface area contributed by atoms with E-state index in [0.29, 0.717) is 28.2 Å². The van der Waals surface area contributed by atoms with Crippen molar-refractivity contribution in [1.29, 1.82) is 0 Å². The van der Waals surface area contributed by atoms with Crippen LogP contribution in [0.1, 0.15) is 35.3 Å². The molecule has 1 aliphatic heterocycles. The lowest BCUT2D eigenvalue weighted by molar-refractivity contribution is -0.0662. The maximum Gasteiger partial charge on any atom is 0.342 e. The summed E-state index contributed by atoms with van der Waals surface area (Å²) in [5.74, 6) is 0.503. The van der Waals surface area contributed by atoms with Crippen LogP contribution in [0.25, 0.3) is 0 Å². The Labute approximate surface area is 123 Å². The van der Waals surface area contributed by atoms with Crippen LogP contribution in [0.5, 0.6) is 11.5 Å². The summed E-state index contributed by atoms with van der Waals surface area (Å²) in [5, 5.41) is 19.5. The predicted octanol–water partition coefficient (Wildman–Crippen LogP) is 1.18. The van der Waals surface area contributed by atoms with Gasteiger partial charge in [-0.1, -0.05) is 0 Å². The molecule has 2 rings (SSSR count). The minimum absolute atomic E-state index is 0.0684. The zero-order valence-electron chi connectivity index (χ0n) is 12.6. The quantitative estimate of drug-likeness (QED) is 0.794. The number of esters is 1. The van der Waals surface area contributed by atoms with Crippen LogP contribution >= 0.6 is 0 Å². The average Bonchev–Trinajstić information content (AvgIpc) is 2.76. The Kier molecular flexibility index (Phi) is 4.11. The molecular weight excluding hydrogens is 276 g/mol. The molecule has 1 aliphatic rings. The fraction of sp³-hybridized carbons (Fsp3) is 0.533. The fourth-order valence-corrected chi connectivity index (χ4v) is 2.11. The second-order valence-electron chi connectivity index (χ2n) is 5.62. The number of fused-ring (bicyclic) bond motifs is 1. The number of hydrogen-bond donors (Lipinski definition) is 2. The molecule has 6 heteroatoms.